The Hall–Kier alpha value is -1.83. The van der Waals surface area contributed by atoms with Crippen LogP contribution in [0.1, 0.15) is 12.0 Å². The maximum absolute atomic E-state index is 11.2. The molecule has 1 aliphatic carbocycles. The number of aliphatic hydroxyl groups excluding tert-OH is 1. The zero-order valence-corrected chi connectivity index (χ0v) is 8.26. The Bertz CT molecular complexity index is 417. The third kappa shape index (κ3) is 1.71. The monoisotopic (exact) mass is 200 g/mol. The molecule has 76 valence electrons. The highest BCUT2D eigenvalue weighted by atomic mass is 16.3. The van der Waals surface area contributed by atoms with Gasteiger partial charge in [-0.2, -0.15) is 0 Å². The SMILES string of the molecule is O=CC1(c2ccccc2)C=CC(O)=CC1. The van der Waals surface area contributed by atoms with E-state index in [2.05, 4.69) is 0 Å². The topological polar surface area (TPSA) is 37.3 Å². The molecule has 1 N–H and O–H groups in total. The third-order valence-electron chi connectivity index (χ3n) is 2.72. The molecule has 1 atom stereocenters. The summed E-state index contributed by atoms with van der Waals surface area (Å²) in [5, 5.41) is 9.24. The van der Waals surface area contributed by atoms with Crippen LogP contribution >= 0.6 is 0 Å². The number of carbonyl (C=O) groups is 1. The van der Waals surface area contributed by atoms with Gasteiger partial charge in [-0.15, -0.1) is 0 Å². The van der Waals surface area contributed by atoms with Gasteiger partial charge >= 0.3 is 0 Å². The van der Waals surface area contributed by atoms with Gasteiger partial charge in [-0.05, 0) is 24.1 Å². The van der Waals surface area contributed by atoms with E-state index in [1.165, 1.54) is 0 Å². The van der Waals surface area contributed by atoms with Crippen molar-refractivity contribution in [3.63, 3.8) is 0 Å². The van der Waals surface area contributed by atoms with Crippen molar-refractivity contribution in [3.8, 4) is 0 Å². The number of aldehydes is 1. The zero-order valence-electron chi connectivity index (χ0n) is 8.26. The molecule has 2 rings (SSSR count). The van der Waals surface area contributed by atoms with Crippen molar-refractivity contribution >= 4 is 6.29 Å². The van der Waals surface area contributed by atoms with Crippen LogP contribution < -0.4 is 0 Å². The summed E-state index contributed by atoms with van der Waals surface area (Å²) in [5.74, 6) is 0.225. The summed E-state index contributed by atoms with van der Waals surface area (Å²) in [5.41, 5.74) is 0.355. The number of aliphatic hydroxyl groups is 1. The predicted octanol–water partition coefficient (Wildman–Crippen LogP) is 2.53. The Kier molecular flexibility index (Phi) is 2.42. The average Bonchev–Trinajstić information content (AvgIpc) is 2.32. The molecule has 1 aromatic rings. The lowest BCUT2D eigenvalue weighted by molar-refractivity contribution is -0.111. The second kappa shape index (κ2) is 3.73. The number of hydrogen-bond donors (Lipinski definition) is 1. The minimum Gasteiger partial charge on any atom is -0.508 e. The summed E-state index contributed by atoms with van der Waals surface area (Å²) in [7, 11) is 0. The maximum Gasteiger partial charge on any atom is 0.134 e. The molecule has 1 unspecified atom stereocenters. The van der Waals surface area contributed by atoms with Crippen LogP contribution in [0.15, 0.2) is 54.3 Å². The summed E-state index contributed by atoms with van der Waals surface area (Å²) in [6.07, 6.45) is 6.45. The van der Waals surface area contributed by atoms with E-state index in [1.807, 2.05) is 30.3 Å². The smallest absolute Gasteiger partial charge is 0.134 e. The van der Waals surface area contributed by atoms with Gasteiger partial charge in [0.15, 0.2) is 0 Å². The van der Waals surface area contributed by atoms with E-state index in [4.69, 9.17) is 0 Å². The Morgan fingerprint density at radius 2 is 2.00 bits per heavy atom. The minimum absolute atomic E-state index is 0.225. The highest BCUT2D eigenvalue weighted by Crippen LogP contribution is 2.31. The van der Waals surface area contributed by atoms with Crippen molar-refractivity contribution in [1.82, 2.24) is 0 Å². The lowest BCUT2D eigenvalue weighted by Crippen LogP contribution is -2.26. The summed E-state index contributed by atoms with van der Waals surface area (Å²) < 4.78 is 0. The van der Waals surface area contributed by atoms with E-state index in [0.717, 1.165) is 11.8 Å². The molecule has 0 radical (unpaired) electrons. The molecule has 1 aliphatic rings. The molecule has 0 saturated carbocycles. The number of benzene rings is 1. The Morgan fingerprint density at radius 3 is 2.53 bits per heavy atom. The molecule has 2 nitrogen and oxygen atoms in total. The number of hydrogen-bond acceptors (Lipinski definition) is 2. The molecule has 0 amide bonds. The quantitative estimate of drug-likeness (QED) is 0.745. The summed E-state index contributed by atoms with van der Waals surface area (Å²) in [4.78, 5) is 11.2. The molecule has 0 aliphatic heterocycles. The minimum atomic E-state index is -0.604. The van der Waals surface area contributed by atoms with E-state index in [0.29, 0.717) is 6.42 Å². The van der Waals surface area contributed by atoms with Crippen LogP contribution in [0, 0.1) is 0 Å². The van der Waals surface area contributed by atoms with Gasteiger partial charge in [0.1, 0.15) is 12.0 Å². The normalized spacial score (nSPS) is 24.7. The van der Waals surface area contributed by atoms with Gasteiger partial charge in [-0.3, -0.25) is 0 Å². The first-order valence-electron chi connectivity index (χ1n) is 4.87. The Balaban J connectivity index is 2.41. The summed E-state index contributed by atoms with van der Waals surface area (Å²) in [6.45, 7) is 0. The van der Waals surface area contributed by atoms with Gasteiger partial charge < -0.3 is 9.90 Å². The lowest BCUT2D eigenvalue weighted by Gasteiger charge is -2.25. The van der Waals surface area contributed by atoms with Gasteiger partial charge in [-0.1, -0.05) is 36.4 Å². The van der Waals surface area contributed by atoms with Crippen molar-refractivity contribution in [2.45, 2.75) is 11.8 Å². The first-order chi connectivity index (χ1) is 7.27. The van der Waals surface area contributed by atoms with Crippen molar-refractivity contribution in [2.24, 2.45) is 0 Å². The zero-order chi connectivity index (χ0) is 10.7. The second-order valence-corrected chi connectivity index (χ2v) is 3.69. The van der Waals surface area contributed by atoms with E-state index >= 15 is 0 Å². The van der Waals surface area contributed by atoms with Crippen LogP contribution in [0.5, 0.6) is 0 Å². The number of carbonyl (C=O) groups excluding carboxylic acids is 1. The maximum atomic E-state index is 11.2. The van der Waals surface area contributed by atoms with Crippen molar-refractivity contribution in [1.29, 1.82) is 0 Å². The highest BCUT2D eigenvalue weighted by Gasteiger charge is 2.29. The average molecular weight is 200 g/mol. The third-order valence-corrected chi connectivity index (χ3v) is 2.72. The fourth-order valence-electron chi connectivity index (χ4n) is 1.76. The van der Waals surface area contributed by atoms with Crippen LogP contribution in [0.2, 0.25) is 0 Å². The molecular weight excluding hydrogens is 188 g/mol. The molecule has 0 aromatic heterocycles. The van der Waals surface area contributed by atoms with Gasteiger partial charge in [0.25, 0.3) is 0 Å². The van der Waals surface area contributed by atoms with E-state index in [1.54, 1.807) is 18.2 Å². The molecule has 0 spiro atoms. The molecule has 0 saturated heterocycles. The van der Waals surface area contributed by atoms with Gasteiger partial charge in [0.05, 0.1) is 5.41 Å². The van der Waals surface area contributed by atoms with Gasteiger partial charge in [0.2, 0.25) is 0 Å². The first kappa shape index (κ1) is 9.71. The first-order valence-corrected chi connectivity index (χ1v) is 4.87. The van der Waals surface area contributed by atoms with Gasteiger partial charge in [-0.25, -0.2) is 0 Å². The van der Waals surface area contributed by atoms with E-state index in [-0.39, 0.29) is 5.76 Å². The molecule has 0 fully saturated rings. The molecule has 0 bridgehead atoms. The van der Waals surface area contributed by atoms with E-state index in [9.17, 15) is 9.90 Å². The number of rotatable bonds is 2. The molecule has 1 aromatic carbocycles. The Morgan fingerprint density at radius 1 is 1.27 bits per heavy atom. The van der Waals surface area contributed by atoms with Crippen molar-refractivity contribution < 1.29 is 9.90 Å². The van der Waals surface area contributed by atoms with Crippen molar-refractivity contribution in [2.75, 3.05) is 0 Å². The fourth-order valence-corrected chi connectivity index (χ4v) is 1.76. The van der Waals surface area contributed by atoms with Crippen LogP contribution in [-0.4, -0.2) is 11.4 Å². The van der Waals surface area contributed by atoms with Crippen LogP contribution in [0.25, 0.3) is 0 Å². The molecule has 15 heavy (non-hydrogen) atoms. The largest absolute Gasteiger partial charge is 0.508 e. The van der Waals surface area contributed by atoms with Crippen molar-refractivity contribution in [3.05, 3.63) is 59.9 Å². The predicted molar refractivity (Wildman–Crippen MR) is 58.7 cm³/mol. The highest BCUT2D eigenvalue weighted by molar-refractivity contribution is 5.73. The van der Waals surface area contributed by atoms with Gasteiger partial charge in [0, 0.05) is 0 Å². The van der Waals surface area contributed by atoms with Crippen LogP contribution in [0.3, 0.4) is 0 Å². The summed E-state index contributed by atoms with van der Waals surface area (Å²) >= 11 is 0. The molecular formula is C13H12O2. The van der Waals surface area contributed by atoms with Crippen LogP contribution in [-0.2, 0) is 10.2 Å². The van der Waals surface area contributed by atoms with Crippen LogP contribution in [0.4, 0.5) is 0 Å². The lowest BCUT2D eigenvalue weighted by atomic mass is 9.76. The Labute approximate surface area is 88.6 Å². The summed E-state index contributed by atoms with van der Waals surface area (Å²) in [6, 6.07) is 9.59. The molecule has 2 heteroatoms. The van der Waals surface area contributed by atoms with E-state index < -0.39 is 5.41 Å². The molecule has 0 heterocycles. The fraction of sp³-hybridized carbons (Fsp3) is 0.154. The number of allylic oxidation sites excluding steroid dienone is 3. The standard InChI is InChI=1S/C13H12O2/c14-10-13(8-6-12(15)7-9-13)11-4-2-1-3-5-11/h1-8,10,15H,9H2. The second-order valence-electron chi connectivity index (χ2n) is 3.69.